The Morgan fingerprint density at radius 3 is 2.53 bits per heavy atom. The van der Waals surface area contributed by atoms with E-state index < -0.39 is 0 Å². The Morgan fingerprint density at radius 2 is 1.93 bits per heavy atom. The van der Waals surface area contributed by atoms with Crippen molar-refractivity contribution in [2.75, 3.05) is 0 Å². The van der Waals surface area contributed by atoms with Crippen LogP contribution in [-0.2, 0) is 0 Å². The number of nitrogens with zero attached hydrogens (tertiary/aromatic N) is 3. The van der Waals surface area contributed by atoms with E-state index in [1.54, 1.807) is 6.92 Å². The first-order chi connectivity index (χ1) is 7.00. The Balaban J connectivity index is 2.89. The molecule has 2 aromatic rings. The highest BCUT2D eigenvalue weighted by Crippen LogP contribution is 2.12. The number of hydrogen-bond donors (Lipinski definition) is 1. The van der Waals surface area contributed by atoms with Crippen molar-refractivity contribution in [3.63, 3.8) is 0 Å². The van der Waals surface area contributed by atoms with Gasteiger partial charge in [0.25, 0.3) is 11.3 Å². The molecule has 0 atom stereocenters. The molecule has 0 aliphatic rings. The van der Waals surface area contributed by atoms with Gasteiger partial charge in [-0.05, 0) is 19.8 Å². The molecule has 1 N–H and O–H groups in total. The van der Waals surface area contributed by atoms with Crippen LogP contribution < -0.4 is 5.56 Å². The van der Waals surface area contributed by atoms with Gasteiger partial charge in [-0.15, -0.1) is 0 Å². The van der Waals surface area contributed by atoms with Crippen LogP contribution in [0.1, 0.15) is 36.8 Å². The second kappa shape index (κ2) is 3.18. The van der Waals surface area contributed by atoms with Gasteiger partial charge in [-0.3, -0.25) is 9.89 Å². The molecule has 0 radical (unpaired) electrons. The van der Waals surface area contributed by atoms with Gasteiger partial charge in [0.1, 0.15) is 5.82 Å². The summed E-state index contributed by atoms with van der Waals surface area (Å²) in [6, 6.07) is 0. The lowest BCUT2D eigenvalue weighted by molar-refractivity contribution is 0.776. The van der Waals surface area contributed by atoms with Crippen LogP contribution in [0.25, 0.3) is 5.78 Å². The first-order valence-electron chi connectivity index (χ1n) is 4.96. The van der Waals surface area contributed by atoms with Crippen molar-refractivity contribution in [1.29, 1.82) is 0 Å². The van der Waals surface area contributed by atoms with Crippen LogP contribution >= 0.6 is 0 Å². The number of hydrogen-bond acceptors (Lipinski definition) is 3. The lowest BCUT2D eigenvalue weighted by Gasteiger charge is -2.06. The highest BCUT2D eigenvalue weighted by atomic mass is 16.1. The van der Waals surface area contributed by atoms with E-state index in [0.29, 0.717) is 11.6 Å². The molecule has 0 aliphatic heterocycles. The van der Waals surface area contributed by atoms with Crippen molar-refractivity contribution >= 4 is 5.78 Å². The minimum Gasteiger partial charge on any atom is -0.275 e. The molecule has 5 heteroatoms. The molecular formula is C10H14N4O. The number of nitrogens with one attached hydrogen (secondary N) is 1. The van der Waals surface area contributed by atoms with Crippen LogP contribution in [0.2, 0.25) is 0 Å². The Bertz CT molecular complexity index is 565. The third-order valence-electron chi connectivity index (χ3n) is 2.41. The molecule has 0 unspecified atom stereocenters. The Hall–Kier alpha value is -1.65. The first-order valence-corrected chi connectivity index (χ1v) is 4.96. The quantitative estimate of drug-likeness (QED) is 0.761. The molecule has 0 fully saturated rings. The molecule has 5 nitrogen and oxygen atoms in total. The smallest absolute Gasteiger partial charge is 0.275 e. The van der Waals surface area contributed by atoms with Crippen molar-refractivity contribution in [3.05, 3.63) is 27.4 Å². The van der Waals surface area contributed by atoms with Crippen LogP contribution in [0, 0.1) is 13.8 Å². The number of H-pyrrole nitrogens is 1. The molecule has 80 valence electrons. The van der Waals surface area contributed by atoms with Crippen LogP contribution in [0.5, 0.6) is 0 Å². The van der Waals surface area contributed by atoms with Crippen LogP contribution in [0.4, 0.5) is 0 Å². The van der Waals surface area contributed by atoms with Gasteiger partial charge in [0.05, 0.1) is 5.69 Å². The molecule has 0 aromatic carbocycles. The van der Waals surface area contributed by atoms with Gasteiger partial charge in [-0.25, -0.2) is 4.98 Å². The zero-order valence-corrected chi connectivity index (χ0v) is 9.33. The van der Waals surface area contributed by atoms with E-state index in [9.17, 15) is 4.79 Å². The SMILES string of the molecule is Cc1nc2nc(C)c(C(C)C)c(=O)n2[nH]1. The van der Waals surface area contributed by atoms with Gasteiger partial charge >= 0.3 is 0 Å². The van der Waals surface area contributed by atoms with E-state index in [0.717, 1.165) is 11.3 Å². The van der Waals surface area contributed by atoms with E-state index in [2.05, 4.69) is 15.1 Å². The van der Waals surface area contributed by atoms with Gasteiger partial charge < -0.3 is 0 Å². The minimum absolute atomic E-state index is 0.0481. The summed E-state index contributed by atoms with van der Waals surface area (Å²) in [5.74, 6) is 1.31. The van der Waals surface area contributed by atoms with Crippen molar-refractivity contribution in [2.24, 2.45) is 0 Å². The zero-order chi connectivity index (χ0) is 11.2. The highest BCUT2D eigenvalue weighted by molar-refractivity contribution is 5.33. The second-order valence-corrected chi connectivity index (χ2v) is 4.02. The number of aromatic amines is 1. The second-order valence-electron chi connectivity index (χ2n) is 4.02. The van der Waals surface area contributed by atoms with Gasteiger partial charge in [-0.2, -0.15) is 9.50 Å². The molecule has 0 aliphatic carbocycles. The molecular weight excluding hydrogens is 192 g/mol. The maximum absolute atomic E-state index is 12.1. The van der Waals surface area contributed by atoms with Gasteiger partial charge in [0.15, 0.2) is 0 Å². The zero-order valence-electron chi connectivity index (χ0n) is 9.33. The maximum Gasteiger partial charge on any atom is 0.277 e. The summed E-state index contributed by atoms with van der Waals surface area (Å²) in [5, 5.41) is 2.88. The average molecular weight is 206 g/mol. The number of fused-ring (bicyclic) bond motifs is 1. The van der Waals surface area contributed by atoms with Crippen LogP contribution in [-0.4, -0.2) is 19.6 Å². The van der Waals surface area contributed by atoms with Crippen molar-refractivity contribution in [1.82, 2.24) is 19.6 Å². The number of aryl methyl sites for hydroxylation is 2. The Labute approximate surface area is 87.2 Å². The molecule has 0 amide bonds. The molecule has 0 saturated heterocycles. The van der Waals surface area contributed by atoms with E-state index in [1.807, 2.05) is 20.8 Å². The predicted molar refractivity (Wildman–Crippen MR) is 57.2 cm³/mol. The maximum atomic E-state index is 12.1. The largest absolute Gasteiger partial charge is 0.277 e. The van der Waals surface area contributed by atoms with Crippen molar-refractivity contribution in [3.8, 4) is 0 Å². The highest BCUT2D eigenvalue weighted by Gasteiger charge is 2.14. The van der Waals surface area contributed by atoms with Gasteiger partial charge in [-0.1, -0.05) is 13.8 Å². The van der Waals surface area contributed by atoms with Gasteiger partial charge in [0, 0.05) is 5.56 Å². The number of aromatic nitrogens is 4. The fraction of sp³-hybridized carbons (Fsp3) is 0.500. The van der Waals surface area contributed by atoms with E-state index in [-0.39, 0.29) is 11.5 Å². The first kappa shape index (κ1) is 9.89. The molecule has 0 bridgehead atoms. The molecule has 15 heavy (non-hydrogen) atoms. The third-order valence-corrected chi connectivity index (χ3v) is 2.41. The predicted octanol–water partition coefficient (Wildman–Crippen LogP) is 1.16. The molecule has 2 heterocycles. The summed E-state index contributed by atoms with van der Waals surface area (Å²) >= 11 is 0. The summed E-state index contributed by atoms with van der Waals surface area (Å²) < 4.78 is 1.40. The standard InChI is InChI=1S/C10H14N4O/c1-5(2)8-6(3)11-10-12-7(4)13-14(10)9(8)15/h5H,1-4H3,(H,11,12,13). The Morgan fingerprint density at radius 1 is 1.27 bits per heavy atom. The summed E-state index contributed by atoms with van der Waals surface area (Å²) in [6.07, 6.45) is 0. The van der Waals surface area contributed by atoms with Crippen molar-refractivity contribution in [2.45, 2.75) is 33.6 Å². The van der Waals surface area contributed by atoms with Crippen LogP contribution in [0.3, 0.4) is 0 Å². The summed E-state index contributed by atoms with van der Waals surface area (Å²) in [6.45, 7) is 7.63. The lowest BCUT2D eigenvalue weighted by atomic mass is 10.0. The summed E-state index contributed by atoms with van der Waals surface area (Å²) in [5.41, 5.74) is 1.46. The average Bonchev–Trinajstić information content (AvgIpc) is 2.45. The van der Waals surface area contributed by atoms with E-state index in [4.69, 9.17) is 0 Å². The fourth-order valence-electron chi connectivity index (χ4n) is 1.80. The topological polar surface area (TPSA) is 63.1 Å². The monoisotopic (exact) mass is 206 g/mol. The third kappa shape index (κ3) is 1.44. The minimum atomic E-state index is -0.0481. The number of rotatable bonds is 1. The molecule has 0 saturated carbocycles. The lowest BCUT2D eigenvalue weighted by Crippen LogP contribution is -2.22. The molecule has 0 spiro atoms. The molecule has 2 rings (SSSR count). The Kier molecular flexibility index (Phi) is 2.10. The van der Waals surface area contributed by atoms with Gasteiger partial charge in [0.2, 0.25) is 0 Å². The molecule has 2 aromatic heterocycles. The fourth-order valence-corrected chi connectivity index (χ4v) is 1.80. The summed E-state index contributed by atoms with van der Waals surface area (Å²) in [4.78, 5) is 20.5. The van der Waals surface area contributed by atoms with Crippen molar-refractivity contribution < 1.29 is 0 Å². The summed E-state index contributed by atoms with van der Waals surface area (Å²) in [7, 11) is 0. The van der Waals surface area contributed by atoms with Crippen LogP contribution in [0.15, 0.2) is 4.79 Å². The van der Waals surface area contributed by atoms with E-state index in [1.165, 1.54) is 4.52 Å². The van der Waals surface area contributed by atoms with E-state index >= 15 is 0 Å². The normalized spacial score (nSPS) is 11.5.